The van der Waals surface area contributed by atoms with Crippen LogP contribution in [0, 0.1) is 11.8 Å². The summed E-state index contributed by atoms with van der Waals surface area (Å²) in [6, 6.07) is 16.4. The predicted molar refractivity (Wildman–Crippen MR) is 114 cm³/mol. The minimum atomic E-state index is 0.150. The van der Waals surface area contributed by atoms with Crippen molar-refractivity contribution in [1.29, 1.82) is 0 Å². The molecule has 6 rings (SSSR count). The number of aromatic hydroxyl groups is 1. The van der Waals surface area contributed by atoms with Gasteiger partial charge >= 0.3 is 0 Å². The molecule has 2 aromatic carbocycles. The smallest absolute Gasteiger partial charge is 0.159 e. The fourth-order valence-corrected chi connectivity index (χ4v) is 6.57. The zero-order valence-electron chi connectivity index (χ0n) is 16.8. The molecule has 1 fully saturated rings. The van der Waals surface area contributed by atoms with Gasteiger partial charge in [-0.1, -0.05) is 43.3 Å². The lowest BCUT2D eigenvalue weighted by Crippen LogP contribution is -2.43. The van der Waals surface area contributed by atoms with Crippen LogP contribution in [0.5, 0.6) is 5.75 Å². The first-order valence-electron chi connectivity index (χ1n) is 10.9. The lowest BCUT2D eigenvalue weighted by molar-refractivity contribution is 0.104. The monoisotopic (exact) mass is 382 g/mol. The summed E-state index contributed by atoms with van der Waals surface area (Å²) >= 11 is 0. The Morgan fingerprint density at radius 2 is 1.90 bits per heavy atom. The van der Waals surface area contributed by atoms with E-state index in [2.05, 4.69) is 43.5 Å². The van der Waals surface area contributed by atoms with Crippen molar-refractivity contribution in [2.45, 2.75) is 50.4 Å². The van der Waals surface area contributed by atoms with Crippen LogP contribution in [0.15, 0.2) is 54.7 Å². The van der Waals surface area contributed by atoms with Crippen LogP contribution in [0.2, 0.25) is 0 Å². The van der Waals surface area contributed by atoms with Crippen molar-refractivity contribution in [2.75, 3.05) is 0 Å². The van der Waals surface area contributed by atoms with E-state index in [0.717, 1.165) is 24.2 Å². The molecule has 0 spiro atoms. The second-order valence-electron chi connectivity index (χ2n) is 9.39. The average Bonchev–Trinajstić information content (AvgIpc) is 3.06. The Bertz CT molecular complexity index is 1090. The van der Waals surface area contributed by atoms with Gasteiger partial charge in [0, 0.05) is 17.2 Å². The molecule has 1 saturated carbocycles. The van der Waals surface area contributed by atoms with Gasteiger partial charge in [0.2, 0.25) is 0 Å². The fraction of sp³-hybridized carbons (Fsp3) is 0.385. The lowest BCUT2D eigenvalue weighted by atomic mass is 9.55. The van der Waals surface area contributed by atoms with Crippen LogP contribution in [0.25, 0.3) is 11.4 Å². The lowest BCUT2D eigenvalue weighted by Gasteiger charge is -2.49. The molecule has 0 saturated heterocycles. The van der Waals surface area contributed by atoms with E-state index in [1.807, 2.05) is 18.2 Å². The van der Waals surface area contributed by atoms with Crippen LogP contribution < -0.4 is 0 Å². The number of rotatable bonds is 1. The Labute approximate surface area is 171 Å². The molecular weight excluding hydrogens is 356 g/mol. The molecule has 1 heterocycles. The van der Waals surface area contributed by atoms with E-state index in [1.54, 1.807) is 0 Å². The summed E-state index contributed by atoms with van der Waals surface area (Å²) in [4.78, 5) is 9.85. The van der Waals surface area contributed by atoms with Gasteiger partial charge in [-0.05, 0) is 78.7 Å². The highest BCUT2D eigenvalue weighted by atomic mass is 16.3. The van der Waals surface area contributed by atoms with Crippen molar-refractivity contribution in [1.82, 2.24) is 9.97 Å². The molecule has 1 N–H and O–H groups in total. The van der Waals surface area contributed by atoms with Gasteiger partial charge in [0.1, 0.15) is 5.75 Å². The molecule has 0 radical (unpaired) electrons. The summed E-state index contributed by atoms with van der Waals surface area (Å²) < 4.78 is 0. The Hall–Kier alpha value is -2.68. The second kappa shape index (κ2) is 6.16. The maximum absolute atomic E-state index is 9.90. The quantitative estimate of drug-likeness (QED) is 0.611. The van der Waals surface area contributed by atoms with E-state index < -0.39 is 0 Å². The predicted octanol–water partition coefficient (Wildman–Crippen LogP) is 5.42. The zero-order chi connectivity index (χ0) is 19.6. The molecule has 0 amide bonds. The Kier molecular flexibility index (Phi) is 3.65. The second-order valence-corrected chi connectivity index (χ2v) is 9.39. The number of hydrogen-bond donors (Lipinski definition) is 1. The number of nitrogens with zero attached hydrogens (tertiary/aromatic N) is 2. The van der Waals surface area contributed by atoms with Gasteiger partial charge in [-0.25, -0.2) is 9.97 Å². The number of phenolic OH excluding ortho intramolecular Hbond substituents is 1. The first-order valence-corrected chi connectivity index (χ1v) is 10.9. The molecule has 3 nitrogen and oxygen atoms in total. The molecule has 3 heteroatoms. The van der Waals surface area contributed by atoms with Crippen molar-refractivity contribution in [3.05, 3.63) is 77.1 Å². The average molecular weight is 383 g/mol. The van der Waals surface area contributed by atoms with Crippen molar-refractivity contribution in [3.63, 3.8) is 0 Å². The van der Waals surface area contributed by atoms with Gasteiger partial charge in [0.05, 0.1) is 5.69 Å². The Morgan fingerprint density at radius 1 is 1.03 bits per heavy atom. The molecule has 4 atom stereocenters. The highest BCUT2D eigenvalue weighted by Crippen LogP contribution is 2.59. The van der Waals surface area contributed by atoms with Crippen molar-refractivity contribution in [3.8, 4) is 17.1 Å². The molecule has 146 valence electrons. The fourth-order valence-electron chi connectivity index (χ4n) is 6.57. The van der Waals surface area contributed by atoms with E-state index in [-0.39, 0.29) is 5.41 Å². The van der Waals surface area contributed by atoms with Crippen LogP contribution >= 0.6 is 0 Å². The van der Waals surface area contributed by atoms with E-state index >= 15 is 0 Å². The number of fused-ring (bicyclic) bond motifs is 7. The summed E-state index contributed by atoms with van der Waals surface area (Å²) in [6.45, 7) is 2.45. The van der Waals surface area contributed by atoms with Crippen LogP contribution in [-0.4, -0.2) is 15.1 Å². The highest BCUT2D eigenvalue weighted by molar-refractivity contribution is 5.56. The normalized spacial score (nSPS) is 29.5. The van der Waals surface area contributed by atoms with Crippen molar-refractivity contribution in [2.24, 2.45) is 11.8 Å². The van der Waals surface area contributed by atoms with E-state index in [0.29, 0.717) is 23.5 Å². The summed E-state index contributed by atoms with van der Waals surface area (Å²) in [5.74, 6) is 3.21. The standard InChI is InChI=1S/C26H26N2O/c1-26-12-11-21-20-10-8-19(29)13-17(20)7-9-22(21)23(26)14-18-15-27-25(28-24(18)26)16-5-3-2-4-6-16/h2-6,8,10,13,15,21-23,29H,7,9,11-12,14H2,1H3/t21-,22-,23+,26+/m1/s1. The third-order valence-corrected chi connectivity index (χ3v) is 7.98. The van der Waals surface area contributed by atoms with Gasteiger partial charge < -0.3 is 5.11 Å². The van der Waals surface area contributed by atoms with Gasteiger partial charge in [-0.2, -0.15) is 0 Å². The van der Waals surface area contributed by atoms with Crippen molar-refractivity contribution < 1.29 is 5.11 Å². The van der Waals surface area contributed by atoms with E-state index in [4.69, 9.17) is 9.97 Å². The number of aromatic nitrogens is 2. The third-order valence-electron chi connectivity index (χ3n) is 7.98. The first kappa shape index (κ1) is 17.2. The molecular formula is C26H26N2O. The summed E-state index contributed by atoms with van der Waals surface area (Å²) in [7, 11) is 0. The van der Waals surface area contributed by atoms with E-state index in [1.165, 1.54) is 41.6 Å². The molecule has 1 aromatic heterocycles. The summed E-state index contributed by atoms with van der Waals surface area (Å²) in [5, 5.41) is 9.90. The number of hydrogen-bond acceptors (Lipinski definition) is 3. The maximum atomic E-state index is 9.90. The van der Waals surface area contributed by atoms with E-state index in [9.17, 15) is 5.11 Å². The maximum Gasteiger partial charge on any atom is 0.159 e. The third kappa shape index (κ3) is 2.49. The molecule has 3 aliphatic carbocycles. The molecule has 3 aromatic rings. The summed E-state index contributed by atoms with van der Waals surface area (Å²) in [6.07, 6.45) is 7.88. The SMILES string of the molecule is C[C@]12CC[C@@H]3c4ccc(O)cc4CC[C@H]3[C@@H]1Cc1cnc(-c3ccccc3)nc12. The Morgan fingerprint density at radius 3 is 2.76 bits per heavy atom. The minimum absolute atomic E-state index is 0.150. The van der Waals surface area contributed by atoms with Gasteiger partial charge in [0.25, 0.3) is 0 Å². The zero-order valence-corrected chi connectivity index (χ0v) is 16.8. The van der Waals surface area contributed by atoms with Gasteiger partial charge in [-0.3, -0.25) is 0 Å². The number of benzene rings is 2. The molecule has 3 aliphatic rings. The van der Waals surface area contributed by atoms with Crippen LogP contribution in [-0.2, 0) is 18.3 Å². The Balaban J connectivity index is 1.38. The largest absolute Gasteiger partial charge is 0.508 e. The molecule has 0 unspecified atom stereocenters. The van der Waals surface area contributed by atoms with Crippen LogP contribution in [0.4, 0.5) is 0 Å². The van der Waals surface area contributed by atoms with Crippen LogP contribution in [0.1, 0.15) is 54.5 Å². The van der Waals surface area contributed by atoms with Gasteiger partial charge in [-0.15, -0.1) is 0 Å². The first-order chi connectivity index (χ1) is 14.1. The molecule has 29 heavy (non-hydrogen) atoms. The molecule has 0 aliphatic heterocycles. The van der Waals surface area contributed by atoms with Crippen LogP contribution in [0.3, 0.4) is 0 Å². The topological polar surface area (TPSA) is 46.0 Å². The number of phenols is 1. The van der Waals surface area contributed by atoms with Crippen molar-refractivity contribution >= 4 is 0 Å². The van der Waals surface area contributed by atoms with Gasteiger partial charge in [0.15, 0.2) is 5.82 Å². The molecule has 0 bridgehead atoms. The summed E-state index contributed by atoms with van der Waals surface area (Å²) in [5.41, 5.74) is 6.74. The number of aryl methyl sites for hydroxylation is 1. The highest BCUT2D eigenvalue weighted by Gasteiger charge is 2.53. The minimum Gasteiger partial charge on any atom is -0.508 e.